The van der Waals surface area contributed by atoms with E-state index in [1.54, 1.807) is 17.8 Å². The molecule has 0 unspecified atom stereocenters. The third-order valence-corrected chi connectivity index (χ3v) is 7.39. The molecule has 14 heteroatoms. The summed E-state index contributed by atoms with van der Waals surface area (Å²) in [6.07, 6.45) is -2.37. The number of carbonyl (C=O) groups is 2. The number of anilines is 1. The van der Waals surface area contributed by atoms with E-state index in [2.05, 4.69) is 20.5 Å². The number of thiophene rings is 1. The van der Waals surface area contributed by atoms with E-state index in [9.17, 15) is 27.2 Å². The summed E-state index contributed by atoms with van der Waals surface area (Å²) in [5.74, 6) is -1.48. The molecule has 3 N–H and O–H groups in total. The molecular weight excluding hydrogens is 526 g/mol. The van der Waals surface area contributed by atoms with Gasteiger partial charge < -0.3 is 11.1 Å². The third-order valence-electron chi connectivity index (χ3n) is 6.30. The van der Waals surface area contributed by atoms with Crippen molar-refractivity contribution in [1.29, 1.82) is 0 Å². The van der Waals surface area contributed by atoms with Gasteiger partial charge in [0, 0.05) is 35.3 Å². The Morgan fingerprint density at radius 2 is 1.84 bits per heavy atom. The van der Waals surface area contributed by atoms with E-state index in [0.717, 1.165) is 24.2 Å². The molecule has 4 aromatic heterocycles. The molecule has 38 heavy (non-hydrogen) atoms. The van der Waals surface area contributed by atoms with E-state index < -0.39 is 42.6 Å². The predicted molar refractivity (Wildman–Crippen MR) is 133 cm³/mol. The Bertz CT molecular complexity index is 1550. The largest absolute Gasteiger partial charge is 0.365 e. The van der Waals surface area contributed by atoms with E-state index in [-0.39, 0.29) is 26.7 Å². The normalized spacial score (nSPS) is 13.7. The molecule has 200 valence electrons. The number of hydrogen-bond donors (Lipinski definition) is 2. The molecule has 2 amide bonds. The zero-order valence-corrected chi connectivity index (χ0v) is 21.2. The number of nitrogens with zero attached hydrogens (tertiary/aromatic N) is 5. The van der Waals surface area contributed by atoms with Crippen molar-refractivity contribution in [3.63, 3.8) is 0 Å². The van der Waals surface area contributed by atoms with Crippen LogP contribution in [0.4, 0.5) is 23.2 Å². The van der Waals surface area contributed by atoms with Gasteiger partial charge in [-0.3, -0.25) is 19.0 Å². The molecule has 0 saturated heterocycles. The van der Waals surface area contributed by atoms with Crippen LogP contribution in [0.1, 0.15) is 71.0 Å². The number of amides is 2. The first-order valence-electron chi connectivity index (χ1n) is 11.8. The second-order valence-corrected chi connectivity index (χ2v) is 10.0. The lowest BCUT2D eigenvalue weighted by Crippen LogP contribution is -2.22. The molecule has 0 aliphatic heterocycles. The van der Waals surface area contributed by atoms with Crippen LogP contribution in [0, 0.1) is 6.92 Å². The number of carbonyl (C=O) groups excluding carboxylic acids is 2. The number of pyridine rings is 1. The van der Waals surface area contributed by atoms with E-state index in [4.69, 9.17) is 5.73 Å². The molecule has 1 saturated carbocycles. The minimum absolute atomic E-state index is 0.0173. The molecule has 0 bridgehead atoms. The van der Waals surface area contributed by atoms with E-state index in [0.29, 0.717) is 29.1 Å². The van der Waals surface area contributed by atoms with Crippen molar-refractivity contribution >= 4 is 39.1 Å². The average molecular weight is 550 g/mol. The van der Waals surface area contributed by atoms with E-state index in [1.807, 2.05) is 6.92 Å². The Morgan fingerprint density at radius 3 is 2.42 bits per heavy atom. The second-order valence-electron chi connectivity index (χ2n) is 9.00. The number of halogens is 4. The monoisotopic (exact) mass is 549 g/mol. The summed E-state index contributed by atoms with van der Waals surface area (Å²) in [5, 5.41) is 11.2. The highest BCUT2D eigenvalue weighted by Crippen LogP contribution is 2.44. The standard InChI is InChI=1S/C24H23F4N7O2S/c1-3-34-8-13(10(2)32-34)12-6-14(21(25)26)30-24-18(12)19(20(38-24)23(29)37)31-17(36)9-35-16(11-4-5-11)7-15(33-35)22(27)28/h6-8,11,21-22H,3-5,9H2,1-2H3,(H2,29,37)(H,31,36). The van der Waals surface area contributed by atoms with Crippen LogP contribution in [0.3, 0.4) is 0 Å². The van der Waals surface area contributed by atoms with Crippen LogP contribution in [0.5, 0.6) is 0 Å². The van der Waals surface area contributed by atoms with Crippen LogP contribution in [-0.4, -0.2) is 36.4 Å². The van der Waals surface area contributed by atoms with E-state index >= 15 is 0 Å². The van der Waals surface area contributed by atoms with Crippen LogP contribution in [-0.2, 0) is 17.9 Å². The number of nitrogens with two attached hydrogens (primary N) is 1. The molecule has 9 nitrogen and oxygen atoms in total. The molecule has 4 heterocycles. The first-order chi connectivity index (χ1) is 18.1. The van der Waals surface area contributed by atoms with Crippen LogP contribution in [0.2, 0.25) is 0 Å². The summed E-state index contributed by atoms with van der Waals surface area (Å²) < 4.78 is 56.9. The fourth-order valence-corrected chi connectivity index (χ4v) is 5.40. The van der Waals surface area contributed by atoms with Gasteiger partial charge in [0.15, 0.2) is 0 Å². The van der Waals surface area contributed by atoms with Crippen LogP contribution in [0.15, 0.2) is 18.3 Å². The maximum atomic E-state index is 13.7. The summed E-state index contributed by atoms with van der Waals surface area (Å²) in [7, 11) is 0. The summed E-state index contributed by atoms with van der Waals surface area (Å²) in [6.45, 7) is 3.73. The summed E-state index contributed by atoms with van der Waals surface area (Å²) in [6, 6.07) is 2.50. The lowest BCUT2D eigenvalue weighted by molar-refractivity contribution is -0.117. The van der Waals surface area contributed by atoms with Crippen molar-refractivity contribution in [2.24, 2.45) is 5.73 Å². The summed E-state index contributed by atoms with van der Waals surface area (Å²) in [4.78, 5) is 29.5. The topological polar surface area (TPSA) is 121 Å². The smallest absolute Gasteiger partial charge is 0.282 e. The summed E-state index contributed by atoms with van der Waals surface area (Å²) >= 11 is 0.783. The third kappa shape index (κ3) is 4.75. The highest BCUT2D eigenvalue weighted by molar-refractivity contribution is 7.21. The zero-order chi connectivity index (χ0) is 27.3. The second kappa shape index (κ2) is 9.82. The minimum atomic E-state index is -2.89. The van der Waals surface area contributed by atoms with Crippen molar-refractivity contribution in [3.8, 4) is 11.1 Å². The number of aromatic nitrogens is 5. The zero-order valence-electron chi connectivity index (χ0n) is 20.3. The number of alkyl halides is 4. The van der Waals surface area contributed by atoms with Crippen molar-refractivity contribution in [2.45, 2.75) is 58.5 Å². The SMILES string of the molecule is CCn1cc(-c2cc(C(F)F)nc3sc(C(N)=O)c(NC(=O)Cn4nc(C(F)F)cc4C4CC4)c23)c(C)n1. The van der Waals surface area contributed by atoms with Crippen LogP contribution < -0.4 is 11.1 Å². The average Bonchev–Trinajstić information content (AvgIpc) is 3.34. The number of hydrogen-bond acceptors (Lipinski definition) is 6. The molecule has 0 radical (unpaired) electrons. The van der Waals surface area contributed by atoms with Crippen LogP contribution >= 0.6 is 11.3 Å². The lowest BCUT2D eigenvalue weighted by atomic mass is 10.0. The molecule has 4 aromatic rings. The van der Waals surface area contributed by atoms with Gasteiger partial charge in [-0.15, -0.1) is 11.3 Å². The molecule has 0 spiro atoms. The number of primary amides is 1. The first kappa shape index (κ1) is 25.8. The molecule has 1 aliphatic carbocycles. The number of nitrogens with one attached hydrogen (secondary N) is 1. The Hall–Kier alpha value is -3.81. The van der Waals surface area contributed by atoms with E-state index in [1.165, 1.54) is 16.8 Å². The Kier molecular flexibility index (Phi) is 6.67. The number of rotatable bonds is 9. The van der Waals surface area contributed by atoms with Gasteiger partial charge in [-0.25, -0.2) is 22.5 Å². The van der Waals surface area contributed by atoms with Crippen molar-refractivity contribution < 1.29 is 27.2 Å². The minimum Gasteiger partial charge on any atom is -0.365 e. The highest BCUT2D eigenvalue weighted by Gasteiger charge is 2.31. The van der Waals surface area contributed by atoms with Gasteiger partial charge in [-0.05, 0) is 44.4 Å². The van der Waals surface area contributed by atoms with Crippen molar-refractivity contribution in [2.75, 3.05) is 5.32 Å². The Balaban J connectivity index is 1.61. The first-order valence-corrected chi connectivity index (χ1v) is 12.6. The molecule has 5 rings (SSSR count). The summed E-state index contributed by atoms with van der Waals surface area (Å²) in [5.41, 5.74) is 6.59. The van der Waals surface area contributed by atoms with Gasteiger partial charge in [0.05, 0.1) is 11.4 Å². The predicted octanol–water partition coefficient (Wildman–Crippen LogP) is 5.17. The quantitative estimate of drug-likeness (QED) is 0.279. The maximum Gasteiger partial charge on any atom is 0.282 e. The maximum absolute atomic E-state index is 13.7. The molecule has 1 aliphatic rings. The molecular formula is C24H23F4N7O2S. The van der Waals surface area contributed by atoms with Crippen molar-refractivity contribution in [3.05, 3.63) is 46.0 Å². The molecule has 0 aromatic carbocycles. The van der Waals surface area contributed by atoms with Gasteiger partial charge in [-0.1, -0.05) is 0 Å². The lowest BCUT2D eigenvalue weighted by Gasteiger charge is -2.11. The van der Waals surface area contributed by atoms with Gasteiger partial charge in [0.25, 0.3) is 18.8 Å². The fraction of sp³-hybridized carbons (Fsp3) is 0.375. The molecule has 0 atom stereocenters. The number of aryl methyl sites for hydroxylation is 2. The fourth-order valence-electron chi connectivity index (χ4n) is 4.39. The van der Waals surface area contributed by atoms with Crippen LogP contribution in [0.25, 0.3) is 21.3 Å². The van der Waals surface area contributed by atoms with Gasteiger partial charge in [0.1, 0.15) is 27.6 Å². The van der Waals surface area contributed by atoms with Gasteiger partial charge in [0.2, 0.25) is 5.91 Å². The molecule has 1 fully saturated rings. The highest BCUT2D eigenvalue weighted by atomic mass is 32.1. The van der Waals surface area contributed by atoms with Gasteiger partial charge >= 0.3 is 0 Å². The number of fused-ring (bicyclic) bond motifs is 1. The van der Waals surface area contributed by atoms with Gasteiger partial charge in [-0.2, -0.15) is 10.2 Å². The Morgan fingerprint density at radius 1 is 1.13 bits per heavy atom. The van der Waals surface area contributed by atoms with Crippen molar-refractivity contribution in [1.82, 2.24) is 24.5 Å². The Labute approximate surface area is 217 Å².